The van der Waals surface area contributed by atoms with Gasteiger partial charge in [-0.1, -0.05) is 19.6 Å². The maximum Gasteiger partial charge on any atom is 0.160 e. The largest absolute Gasteiger partial charge is 0.379 e. The summed E-state index contributed by atoms with van der Waals surface area (Å²) in [6.07, 6.45) is 0. The molecule has 1 N–H and O–H groups in total. The zero-order chi connectivity index (χ0) is 8.36. The molecular weight excluding hydrogens is 160 g/mol. The van der Waals surface area contributed by atoms with Crippen LogP contribution in [0.15, 0.2) is 0 Å². The van der Waals surface area contributed by atoms with Crippen molar-refractivity contribution in [3.8, 4) is 0 Å². The van der Waals surface area contributed by atoms with Gasteiger partial charge in [-0.3, -0.25) is 0 Å². The highest BCUT2D eigenvalue weighted by Gasteiger charge is 2.21. The van der Waals surface area contributed by atoms with Crippen LogP contribution in [0.2, 0.25) is 19.6 Å². The summed E-state index contributed by atoms with van der Waals surface area (Å²) in [5.74, 6) is 0. The van der Waals surface area contributed by atoms with Crippen molar-refractivity contribution in [3.05, 3.63) is 0 Å². The molecule has 0 bridgehead atoms. The van der Waals surface area contributed by atoms with Crippen molar-refractivity contribution in [2.24, 2.45) is 0 Å². The van der Waals surface area contributed by atoms with Gasteiger partial charge in [0.25, 0.3) is 0 Å². The van der Waals surface area contributed by atoms with Crippen LogP contribution in [0.1, 0.15) is 0 Å². The second-order valence-electron chi connectivity index (χ2n) is 3.28. The summed E-state index contributed by atoms with van der Waals surface area (Å²) in [6, 6.07) is 0. The first-order chi connectivity index (χ1) is 4.39. The predicted octanol–water partition coefficient (Wildman–Crippen LogP) is 1.26. The average molecular weight is 176 g/mol. The van der Waals surface area contributed by atoms with Crippen molar-refractivity contribution >= 4 is 25.6 Å². The fourth-order valence-electron chi connectivity index (χ4n) is 0.472. The summed E-state index contributed by atoms with van der Waals surface area (Å²) in [7, 11) is 2.69. The summed E-state index contributed by atoms with van der Waals surface area (Å²) >= 11 is 5.08. The molecule has 0 fully saturated rings. The van der Waals surface area contributed by atoms with E-state index in [9.17, 15) is 0 Å². The van der Waals surface area contributed by atoms with E-state index >= 15 is 0 Å². The van der Waals surface area contributed by atoms with Gasteiger partial charge in [0.05, 0.1) is 0 Å². The Morgan fingerprint density at radius 3 is 1.90 bits per heavy atom. The van der Waals surface area contributed by atoms with Crippen LogP contribution in [-0.4, -0.2) is 32.0 Å². The Hall–Kier alpha value is -0.0931. The van der Waals surface area contributed by atoms with Gasteiger partial charge in [0.15, 0.2) is 5.11 Å². The first-order valence-corrected chi connectivity index (χ1v) is 7.20. The standard InChI is InChI=1S/C6H16N2SSi/c1-7-6(9)8(2)10(3,4)5/h1-5H3,(H,7,9). The van der Waals surface area contributed by atoms with Crippen molar-refractivity contribution in [3.63, 3.8) is 0 Å². The van der Waals surface area contributed by atoms with Crippen molar-refractivity contribution < 1.29 is 0 Å². The van der Waals surface area contributed by atoms with Crippen molar-refractivity contribution in [2.45, 2.75) is 19.6 Å². The molecule has 0 heterocycles. The van der Waals surface area contributed by atoms with E-state index in [-0.39, 0.29) is 0 Å². The molecule has 0 aliphatic carbocycles. The van der Waals surface area contributed by atoms with E-state index in [1.165, 1.54) is 0 Å². The minimum absolute atomic E-state index is 0.846. The van der Waals surface area contributed by atoms with Gasteiger partial charge in [-0.2, -0.15) is 0 Å². The van der Waals surface area contributed by atoms with E-state index < -0.39 is 8.24 Å². The molecule has 60 valence electrons. The second kappa shape index (κ2) is 3.34. The first-order valence-electron chi connectivity index (χ1n) is 3.35. The van der Waals surface area contributed by atoms with Gasteiger partial charge in [0, 0.05) is 7.05 Å². The second-order valence-corrected chi connectivity index (χ2v) is 8.68. The van der Waals surface area contributed by atoms with Crippen LogP contribution >= 0.6 is 12.2 Å². The molecule has 0 saturated carbocycles. The summed E-state index contributed by atoms with van der Waals surface area (Å²) in [6.45, 7) is 6.78. The highest BCUT2D eigenvalue weighted by Crippen LogP contribution is 2.05. The molecule has 0 saturated heterocycles. The van der Waals surface area contributed by atoms with Crippen LogP contribution in [0.4, 0.5) is 0 Å². The van der Waals surface area contributed by atoms with Gasteiger partial charge in [-0.05, 0) is 19.3 Å². The third-order valence-corrected chi connectivity index (χ3v) is 4.40. The number of hydrogen-bond acceptors (Lipinski definition) is 1. The van der Waals surface area contributed by atoms with E-state index in [2.05, 4.69) is 29.5 Å². The Kier molecular flexibility index (Phi) is 3.31. The van der Waals surface area contributed by atoms with Crippen LogP contribution < -0.4 is 5.32 Å². The predicted molar refractivity (Wildman–Crippen MR) is 52.8 cm³/mol. The molecule has 4 heteroatoms. The number of hydrogen-bond donors (Lipinski definition) is 1. The quantitative estimate of drug-likeness (QED) is 0.478. The molecule has 0 spiro atoms. The summed E-state index contributed by atoms with van der Waals surface area (Å²) in [5, 5.41) is 3.81. The Bertz CT molecular complexity index is 130. The fourth-order valence-corrected chi connectivity index (χ4v) is 2.01. The molecule has 0 rings (SSSR count). The lowest BCUT2D eigenvalue weighted by molar-refractivity contribution is 0.738. The lowest BCUT2D eigenvalue weighted by Gasteiger charge is -2.31. The molecule has 0 aromatic rings. The molecule has 0 radical (unpaired) electrons. The zero-order valence-corrected chi connectivity index (χ0v) is 9.17. The molecule has 0 aliphatic heterocycles. The summed E-state index contributed by atoms with van der Waals surface area (Å²) < 4.78 is 2.17. The third kappa shape index (κ3) is 2.66. The van der Waals surface area contributed by atoms with Crippen LogP contribution in [0, 0.1) is 0 Å². The minimum atomic E-state index is -1.22. The van der Waals surface area contributed by atoms with Gasteiger partial charge < -0.3 is 9.88 Å². The first kappa shape index (κ1) is 9.91. The molecule has 0 atom stereocenters. The number of nitrogens with zero attached hydrogens (tertiary/aromatic N) is 1. The Labute approximate surface area is 69.7 Å². The number of thiocarbonyl (C=S) groups is 1. The average Bonchev–Trinajstić information content (AvgIpc) is 1.83. The van der Waals surface area contributed by atoms with E-state index in [0.717, 1.165) is 5.11 Å². The van der Waals surface area contributed by atoms with Crippen LogP contribution in [-0.2, 0) is 0 Å². The van der Waals surface area contributed by atoms with Crippen molar-refractivity contribution in [1.29, 1.82) is 0 Å². The highest BCUT2D eigenvalue weighted by atomic mass is 32.1. The highest BCUT2D eigenvalue weighted by molar-refractivity contribution is 7.80. The lowest BCUT2D eigenvalue weighted by atomic mass is 11.0. The zero-order valence-electron chi connectivity index (χ0n) is 7.36. The van der Waals surface area contributed by atoms with Crippen LogP contribution in [0.3, 0.4) is 0 Å². The van der Waals surface area contributed by atoms with E-state index in [1.807, 2.05) is 14.1 Å². The maximum absolute atomic E-state index is 5.08. The topological polar surface area (TPSA) is 15.3 Å². The third-order valence-electron chi connectivity index (χ3n) is 1.52. The van der Waals surface area contributed by atoms with Gasteiger partial charge in [0.1, 0.15) is 8.24 Å². The maximum atomic E-state index is 5.08. The molecule has 2 nitrogen and oxygen atoms in total. The molecule has 10 heavy (non-hydrogen) atoms. The molecular formula is C6H16N2SSi. The monoisotopic (exact) mass is 176 g/mol. The minimum Gasteiger partial charge on any atom is -0.379 e. The van der Waals surface area contributed by atoms with Crippen LogP contribution in [0.25, 0.3) is 0 Å². The molecule has 0 aromatic heterocycles. The summed E-state index contributed by atoms with van der Waals surface area (Å²) in [4.78, 5) is 0. The van der Waals surface area contributed by atoms with Gasteiger partial charge in [-0.15, -0.1) is 0 Å². The Morgan fingerprint density at radius 1 is 1.40 bits per heavy atom. The van der Waals surface area contributed by atoms with Gasteiger partial charge in [0.2, 0.25) is 0 Å². The Morgan fingerprint density at radius 2 is 1.80 bits per heavy atom. The van der Waals surface area contributed by atoms with Crippen LogP contribution in [0.5, 0.6) is 0 Å². The smallest absolute Gasteiger partial charge is 0.160 e. The Balaban J connectivity index is 4.08. The number of nitrogens with one attached hydrogen (secondary N) is 1. The van der Waals surface area contributed by atoms with E-state index in [1.54, 1.807) is 0 Å². The number of rotatable bonds is 1. The van der Waals surface area contributed by atoms with E-state index in [0.29, 0.717) is 0 Å². The molecule has 0 amide bonds. The summed E-state index contributed by atoms with van der Waals surface area (Å²) in [5.41, 5.74) is 0. The van der Waals surface area contributed by atoms with Gasteiger partial charge >= 0.3 is 0 Å². The van der Waals surface area contributed by atoms with Gasteiger partial charge in [-0.25, -0.2) is 0 Å². The fraction of sp³-hybridized carbons (Fsp3) is 0.833. The molecule has 0 aliphatic rings. The molecule has 0 aromatic carbocycles. The SMILES string of the molecule is CNC(=S)N(C)[Si](C)(C)C. The van der Waals surface area contributed by atoms with Crippen molar-refractivity contribution in [2.75, 3.05) is 14.1 Å². The van der Waals surface area contributed by atoms with E-state index in [4.69, 9.17) is 12.2 Å². The normalized spacial score (nSPS) is 10.9. The lowest BCUT2D eigenvalue weighted by Crippen LogP contribution is -2.50. The molecule has 0 unspecified atom stereocenters. The van der Waals surface area contributed by atoms with Crippen molar-refractivity contribution in [1.82, 2.24) is 9.88 Å².